The predicted molar refractivity (Wildman–Crippen MR) is 133 cm³/mol. The average Bonchev–Trinajstić information content (AvgIpc) is 3.13. The standard InChI is InChI=1S/C28H26N4O2/c1-16-23-24(19-13-17-9-7-8-12-20(17)30-27(19)34)25-21(14-28(2,3)15-22(25)33)29-26(23)32(31-16)18-10-5-4-6-11-18/h4-13,24,29H,14-15H2,1-3H3,(H,30,34). The van der Waals surface area contributed by atoms with E-state index in [4.69, 9.17) is 5.10 Å². The van der Waals surface area contributed by atoms with E-state index >= 15 is 0 Å². The maximum absolute atomic E-state index is 13.6. The second kappa shape index (κ2) is 7.29. The molecule has 4 aromatic rings. The highest BCUT2D eigenvalue weighted by Gasteiger charge is 2.43. The molecular formula is C28H26N4O2. The number of rotatable bonds is 2. The van der Waals surface area contributed by atoms with Gasteiger partial charge in [0, 0.05) is 34.3 Å². The van der Waals surface area contributed by atoms with Gasteiger partial charge in [-0.25, -0.2) is 4.68 Å². The van der Waals surface area contributed by atoms with Gasteiger partial charge in [-0.05, 0) is 48.4 Å². The van der Waals surface area contributed by atoms with E-state index in [0.717, 1.165) is 45.8 Å². The van der Waals surface area contributed by atoms with Crippen LogP contribution in [0.25, 0.3) is 16.6 Å². The van der Waals surface area contributed by atoms with E-state index in [1.165, 1.54) is 0 Å². The molecule has 0 radical (unpaired) electrons. The van der Waals surface area contributed by atoms with Gasteiger partial charge in [0.2, 0.25) is 0 Å². The van der Waals surface area contributed by atoms with Crippen LogP contribution in [0.15, 0.2) is 76.7 Å². The molecule has 0 fully saturated rings. The SMILES string of the molecule is Cc1nn(-c2ccccc2)c2c1C(c1cc3ccccc3[nH]c1=O)C1=C(CC(C)(C)CC1=O)N2. The monoisotopic (exact) mass is 450 g/mol. The number of anilines is 1. The number of para-hydroxylation sites is 2. The number of allylic oxidation sites excluding steroid dienone is 2. The number of hydrogen-bond donors (Lipinski definition) is 2. The number of aryl methyl sites for hydroxylation is 1. The van der Waals surface area contributed by atoms with E-state index in [9.17, 15) is 9.59 Å². The zero-order valence-corrected chi connectivity index (χ0v) is 19.5. The van der Waals surface area contributed by atoms with Crippen LogP contribution in [0.2, 0.25) is 0 Å². The number of carbonyl (C=O) groups is 1. The Balaban J connectivity index is 1.65. The van der Waals surface area contributed by atoms with E-state index in [1.807, 2.05) is 72.3 Å². The maximum Gasteiger partial charge on any atom is 0.252 e. The van der Waals surface area contributed by atoms with Gasteiger partial charge in [0.05, 0.1) is 17.3 Å². The van der Waals surface area contributed by atoms with Crippen LogP contribution in [0.4, 0.5) is 5.82 Å². The molecule has 0 saturated heterocycles. The normalized spacial score (nSPS) is 19.0. The fourth-order valence-electron chi connectivity index (χ4n) is 5.52. The summed E-state index contributed by atoms with van der Waals surface area (Å²) in [5.41, 5.74) is 5.23. The topological polar surface area (TPSA) is 79.8 Å². The Morgan fingerprint density at radius 1 is 1.00 bits per heavy atom. The summed E-state index contributed by atoms with van der Waals surface area (Å²) in [5.74, 6) is 0.444. The average molecular weight is 451 g/mol. The van der Waals surface area contributed by atoms with Crippen LogP contribution in [-0.2, 0) is 4.79 Å². The van der Waals surface area contributed by atoms with Crippen molar-refractivity contribution >= 4 is 22.5 Å². The van der Waals surface area contributed by atoms with Gasteiger partial charge >= 0.3 is 0 Å². The maximum atomic E-state index is 13.6. The van der Waals surface area contributed by atoms with Gasteiger partial charge in [0.25, 0.3) is 5.56 Å². The first-order valence-electron chi connectivity index (χ1n) is 11.6. The molecule has 1 aliphatic heterocycles. The van der Waals surface area contributed by atoms with Gasteiger partial charge in [-0.1, -0.05) is 50.2 Å². The highest BCUT2D eigenvalue weighted by Crippen LogP contribution is 2.49. The number of carbonyl (C=O) groups excluding carboxylic acids is 1. The smallest absolute Gasteiger partial charge is 0.252 e. The molecule has 3 heterocycles. The number of nitrogens with one attached hydrogen (secondary N) is 2. The molecule has 34 heavy (non-hydrogen) atoms. The van der Waals surface area contributed by atoms with Crippen LogP contribution in [0.5, 0.6) is 0 Å². The molecule has 170 valence electrons. The van der Waals surface area contributed by atoms with Crippen LogP contribution in [0.3, 0.4) is 0 Å². The van der Waals surface area contributed by atoms with Crippen molar-refractivity contribution in [2.45, 2.75) is 39.5 Å². The number of ketones is 1. The number of hydrogen-bond acceptors (Lipinski definition) is 4. The number of fused-ring (bicyclic) bond motifs is 2. The number of aromatic nitrogens is 3. The summed E-state index contributed by atoms with van der Waals surface area (Å²) >= 11 is 0. The second-order valence-corrected chi connectivity index (χ2v) is 10.1. The minimum Gasteiger partial charge on any atom is -0.343 e. The number of benzene rings is 2. The van der Waals surface area contributed by atoms with Crippen molar-refractivity contribution < 1.29 is 4.79 Å². The Morgan fingerprint density at radius 3 is 2.53 bits per heavy atom. The number of nitrogens with zero attached hydrogens (tertiary/aromatic N) is 2. The minimum absolute atomic E-state index is 0.0915. The first-order chi connectivity index (χ1) is 16.3. The van der Waals surface area contributed by atoms with Crippen LogP contribution in [0, 0.1) is 12.3 Å². The van der Waals surface area contributed by atoms with E-state index in [0.29, 0.717) is 17.6 Å². The Bertz CT molecular complexity index is 1560. The predicted octanol–water partition coefficient (Wildman–Crippen LogP) is 5.22. The molecule has 0 spiro atoms. The third kappa shape index (κ3) is 3.13. The second-order valence-electron chi connectivity index (χ2n) is 10.1. The number of Topliss-reactive ketones (excluding diaryl/α,β-unsaturated/α-hetero) is 1. The third-order valence-corrected chi connectivity index (χ3v) is 6.97. The third-order valence-electron chi connectivity index (χ3n) is 6.97. The fraction of sp³-hybridized carbons (Fsp3) is 0.250. The lowest BCUT2D eigenvalue weighted by Gasteiger charge is -2.38. The molecule has 0 amide bonds. The molecule has 1 unspecified atom stereocenters. The number of aromatic amines is 1. The lowest BCUT2D eigenvalue weighted by Crippen LogP contribution is -2.35. The van der Waals surface area contributed by atoms with Crippen molar-refractivity contribution in [3.63, 3.8) is 0 Å². The van der Waals surface area contributed by atoms with Crippen molar-refractivity contribution in [3.8, 4) is 5.69 Å². The van der Waals surface area contributed by atoms with E-state index in [-0.39, 0.29) is 16.8 Å². The molecule has 2 aromatic carbocycles. The molecule has 2 aromatic heterocycles. The summed E-state index contributed by atoms with van der Waals surface area (Å²) in [5, 5.41) is 9.37. The van der Waals surface area contributed by atoms with Crippen LogP contribution >= 0.6 is 0 Å². The van der Waals surface area contributed by atoms with Crippen molar-refractivity contribution in [2.24, 2.45) is 5.41 Å². The molecule has 1 aliphatic carbocycles. The van der Waals surface area contributed by atoms with Gasteiger partial charge in [-0.15, -0.1) is 0 Å². The van der Waals surface area contributed by atoms with Crippen molar-refractivity contribution in [2.75, 3.05) is 5.32 Å². The van der Waals surface area contributed by atoms with Gasteiger partial charge in [-0.2, -0.15) is 5.10 Å². The van der Waals surface area contributed by atoms with Crippen molar-refractivity contribution in [1.82, 2.24) is 14.8 Å². The number of pyridine rings is 1. The molecule has 6 nitrogen and oxygen atoms in total. The lowest BCUT2D eigenvalue weighted by molar-refractivity contribution is -0.118. The molecular weight excluding hydrogens is 424 g/mol. The molecule has 0 bridgehead atoms. The van der Waals surface area contributed by atoms with E-state index in [1.54, 1.807) is 0 Å². The Labute approximate surface area is 197 Å². The summed E-state index contributed by atoms with van der Waals surface area (Å²) in [6.07, 6.45) is 1.19. The molecule has 2 N–H and O–H groups in total. The quantitative estimate of drug-likeness (QED) is 0.439. The van der Waals surface area contributed by atoms with Crippen molar-refractivity contribution in [1.29, 1.82) is 0 Å². The zero-order valence-electron chi connectivity index (χ0n) is 19.5. The molecule has 2 aliphatic rings. The molecule has 6 rings (SSSR count). The zero-order chi connectivity index (χ0) is 23.6. The van der Waals surface area contributed by atoms with Gasteiger partial charge < -0.3 is 10.3 Å². The Kier molecular flexibility index (Phi) is 4.43. The largest absolute Gasteiger partial charge is 0.343 e. The highest BCUT2D eigenvalue weighted by atomic mass is 16.1. The molecule has 0 saturated carbocycles. The van der Waals surface area contributed by atoms with E-state index < -0.39 is 5.92 Å². The summed E-state index contributed by atoms with van der Waals surface area (Å²) < 4.78 is 1.89. The van der Waals surface area contributed by atoms with Crippen LogP contribution in [-0.4, -0.2) is 20.5 Å². The van der Waals surface area contributed by atoms with Crippen LogP contribution < -0.4 is 10.9 Å². The van der Waals surface area contributed by atoms with Crippen LogP contribution in [0.1, 0.15) is 49.4 Å². The Hall–Kier alpha value is -3.93. The number of H-pyrrole nitrogens is 1. The van der Waals surface area contributed by atoms with Gasteiger partial charge in [-0.3, -0.25) is 9.59 Å². The van der Waals surface area contributed by atoms with Gasteiger partial charge in [0.1, 0.15) is 5.82 Å². The Morgan fingerprint density at radius 2 is 1.74 bits per heavy atom. The summed E-state index contributed by atoms with van der Waals surface area (Å²) in [6.45, 7) is 6.18. The highest BCUT2D eigenvalue weighted by molar-refractivity contribution is 6.02. The molecule has 6 heteroatoms. The summed E-state index contributed by atoms with van der Waals surface area (Å²) in [7, 11) is 0. The minimum atomic E-state index is -0.472. The first-order valence-corrected chi connectivity index (χ1v) is 11.6. The fourth-order valence-corrected chi connectivity index (χ4v) is 5.52. The first kappa shape index (κ1) is 20.7. The van der Waals surface area contributed by atoms with Gasteiger partial charge in [0.15, 0.2) is 5.78 Å². The van der Waals surface area contributed by atoms with Crippen molar-refractivity contribution in [3.05, 3.63) is 99.1 Å². The lowest BCUT2D eigenvalue weighted by atomic mass is 9.69. The van der Waals surface area contributed by atoms with E-state index in [2.05, 4.69) is 24.1 Å². The summed E-state index contributed by atoms with van der Waals surface area (Å²) in [6, 6.07) is 19.6. The molecule has 1 atom stereocenters. The summed E-state index contributed by atoms with van der Waals surface area (Å²) in [4.78, 5) is 30.0.